The predicted octanol–water partition coefficient (Wildman–Crippen LogP) is 5.63. The van der Waals surface area contributed by atoms with Gasteiger partial charge in [-0.05, 0) is 87.1 Å². The highest BCUT2D eigenvalue weighted by molar-refractivity contribution is 5.75. The molecule has 0 bridgehead atoms. The fraction of sp³-hybridized carbons (Fsp3) is 0.483. The number of benzene rings is 1. The van der Waals surface area contributed by atoms with Crippen LogP contribution >= 0.6 is 0 Å². The summed E-state index contributed by atoms with van der Waals surface area (Å²) in [7, 11) is 0. The maximum Gasteiger partial charge on any atom is 0.407 e. The van der Waals surface area contributed by atoms with E-state index < -0.39 is 0 Å². The fourth-order valence-corrected chi connectivity index (χ4v) is 6.64. The summed E-state index contributed by atoms with van der Waals surface area (Å²) in [5, 5.41) is 3.00. The van der Waals surface area contributed by atoms with E-state index in [2.05, 4.69) is 16.4 Å². The molecule has 7 heteroatoms. The Hall–Kier alpha value is -3.22. The third-order valence-corrected chi connectivity index (χ3v) is 8.18. The highest BCUT2D eigenvalue weighted by atomic mass is 19.1. The lowest BCUT2D eigenvalue weighted by molar-refractivity contribution is -0.144. The van der Waals surface area contributed by atoms with Gasteiger partial charge in [-0.1, -0.05) is 24.3 Å². The summed E-state index contributed by atoms with van der Waals surface area (Å²) in [6.07, 6.45) is 9.07. The van der Waals surface area contributed by atoms with Crippen LogP contribution in [0.5, 0.6) is 0 Å². The zero-order chi connectivity index (χ0) is 25.2. The molecule has 2 aromatic rings. The first kappa shape index (κ1) is 24.5. The van der Waals surface area contributed by atoms with Crippen molar-refractivity contribution in [1.29, 1.82) is 0 Å². The molecule has 1 N–H and O–H groups in total. The molecule has 7 atom stereocenters. The second kappa shape index (κ2) is 10.4. The number of alkyl carbamates (subject to hydrolysis) is 1. The largest absolute Gasteiger partial charge is 0.462 e. The Morgan fingerprint density at radius 3 is 2.83 bits per heavy atom. The van der Waals surface area contributed by atoms with Crippen LogP contribution < -0.4 is 5.32 Å². The van der Waals surface area contributed by atoms with Gasteiger partial charge >= 0.3 is 12.1 Å². The third kappa shape index (κ3) is 5.01. The molecular formula is C29H33FN2O4. The van der Waals surface area contributed by atoms with Crippen LogP contribution in [0.2, 0.25) is 0 Å². The van der Waals surface area contributed by atoms with E-state index in [1.807, 2.05) is 31.2 Å². The molecule has 1 saturated heterocycles. The summed E-state index contributed by atoms with van der Waals surface area (Å²) >= 11 is 0. The maximum absolute atomic E-state index is 13.6. The molecular weight excluding hydrogens is 459 g/mol. The van der Waals surface area contributed by atoms with Crippen molar-refractivity contribution in [3.05, 3.63) is 60.2 Å². The zero-order valence-corrected chi connectivity index (χ0v) is 20.7. The molecule has 5 rings (SSSR count). The zero-order valence-electron chi connectivity index (χ0n) is 20.7. The van der Waals surface area contributed by atoms with E-state index in [0.717, 1.165) is 42.5 Å². The number of halogens is 1. The Morgan fingerprint density at radius 1 is 1.22 bits per heavy atom. The van der Waals surface area contributed by atoms with Crippen molar-refractivity contribution >= 4 is 18.1 Å². The first-order valence-corrected chi connectivity index (χ1v) is 13.0. The minimum atomic E-state index is -0.368. The molecule has 6 nitrogen and oxygen atoms in total. The molecule has 36 heavy (non-hydrogen) atoms. The van der Waals surface area contributed by atoms with E-state index in [1.165, 1.54) is 12.1 Å². The number of amides is 1. The number of carbonyl (C=O) groups excluding carboxylic acids is 2. The Labute approximate surface area is 211 Å². The second-order valence-corrected chi connectivity index (χ2v) is 10.3. The summed E-state index contributed by atoms with van der Waals surface area (Å²) in [5.74, 6) is 0.629. The summed E-state index contributed by atoms with van der Waals surface area (Å²) in [6.45, 7) is 4.15. The fourth-order valence-electron chi connectivity index (χ4n) is 6.64. The molecule has 1 aliphatic heterocycles. The van der Waals surface area contributed by atoms with Crippen LogP contribution in [0.15, 0.2) is 48.7 Å². The van der Waals surface area contributed by atoms with Gasteiger partial charge in [0.1, 0.15) is 11.9 Å². The van der Waals surface area contributed by atoms with E-state index >= 15 is 0 Å². The van der Waals surface area contributed by atoms with Crippen LogP contribution in [0.4, 0.5) is 9.18 Å². The lowest BCUT2D eigenvalue weighted by atomic mass is 9.57. The van der Waals surface area contributed by atoms with Gasteiger partial charge in [0.25, 0.3) is 0 Å². The van der Waals surface area contributed by atoms with Crippen molar-refractivity contribution in [3.8, 4) is 11.1 Å². The monoisotopic (exact) mass is 492 g/mol. The number of nitrogens with zero attached hydrogens (tertiary/aromatic N) is 1. The van der Waals surface area contributed by atoms with Crippen LogP contribution in [0.3, 0.4) is 0 Å². The Balaban J connectivity index is 1.34. The molecule has 3 fully saturated rings. The van der Waals surface area contributed by atoms with Crippen LogP contribution in [0, 0.1) is 35.4 Å². The average Bonchev–Trinajstić information content (AvgIpc) is 3.15. The molecule has 1 amide bonds. The highest BCUT2D eigenvalue weighted by Gasteiger charge is 2.54. The van der Waals surface area contributed by atoms with Crippen molar-refractivity contribution in [2.75, 3.05) is 6.61 Å². The highest BCUT2D eigenvalue weighted by Crippen LogP contribution is 2.53. The number of esters is 1. The first-order valence-electron chi connectivity index (χ1n) is 13.0. The summed E-state index contributed by atoms with van der Waals surface area (Å²) in [6, 6.07) is 10.4. The third-order valence-electron chi connectivity index (χ3n) is 8.18. The van der Waals surface area contributed by atoms with Gasteiger partial charge in [0.15, 0.2) is 0 Å². The van der Waals surface area contributed by atoms with Gasteiger partial charge in [-0.25, -0.2) is 9.18 Å². The van der Waals surface area contributed by atoms with Crippen molar-refractivity contribution in [1.82, 2.24) is 10.3 Å². The van der Waals surface area contributed by atoms with Crippen molar-refractivity contribution in [2.24, 2.45) is 29.6 Å². The van der Waals surface area contributed by atoms with Gasteiger partial charge < -0.3 is 14.8 Å². The molecule has 1 aromatic heterocycles. The first-order chi connectivity index (χ1) is 17.4. The Bertz CT molecular complexity index is 1130. The molecule has 2 aliphatic carbocycles. The number of nitrogens with one attached hydrogen (secondary N) is 1. The van der Waals surface area contributed by atoms with Crippen LogP contribution in [-0.4, -0.2) is 35.8 Å². The minimum absolute atomic E-state index is 0.0679. The lowest BCUT2D eigenvalue weighted by Crippen LogP contribution is -2.48. The Kier molecular flexibility index (Phi) is 7.08. The van der Waals surface area contributed by atoms with E-state index in [9.17, 15) is 14.0 Å². The van der Waals surface area contributed by atoms with Gasteiger partial charge in [0, 0.05) is 23.7 Å². The summed E-state index contributed by atoms with van der Waals surface area (Å²) in [5.41, 5.74) is 2.48. The quantitative estimate of drug-likeness (QED) is 0.548. The number of hydrogen-bond donors (Lipinski definition) is 1. The Morgan fingerprint density at radius 2 is 2.08 bits per heavy atom. The van der Waals surface area contributed by atoms with E-state index in [1.54, 1.807) is 19.2 Å². The van der Waals surface area contributed by atoms with Crippen LogP contribution in [0.25, 0.3) is 17.2 Å². The van der Waals surface area contributed by atoms with E-state index in [4.69, 9.17) is 9.47 Å². The normalized spacial score (nSPS) is 31.4. The van der Waals surface area contributed by atoms with Gasteiger partial charge in [-0.2, -0.15) is 0 Å². The van der Waals surface area contributed by atoms with Crippen LogP contribution in [0.1, 0.15) is 45.2 Å². The number of allylic oxidation sites excluding steroid dienone is 1. The summed E-state index contributed by atoms with van der Waals surface area (Å²) in [4.78, 5) is 29.2. The molecule has 2 saturated carbocycles. The van der Waals surface area contributed by atoms with E-state index in [-0.39, 0.29) is 47.8 Å². The topological polar surface area (TPSA) is 77.5 Å². The number of carbonyl (C=O) groups is 2. The number of aromatic nitrogens is 1. The van der Waals surface area contributed by atoms with E-state index in [0.29, 0.717) is 18.4 Å². The number of pyridine rings is 1. The molecule has 1 aromatic carbocycles. The number of hydrogen-bond acceptors (Lipinski definition) is 5. The smallest absolute Gasteiger partial charge is 0.407 e. The number of fused-ring (bicyclic) bond motifs is 2. The summed E-state index contributed by atoms with van der Waals surface area (Å²) < 4.78 is 24.3. The number of ether oxygens (including phenoxy) is 2. The second-order valence-electron chi connectivity index (χ2n) is 10.3. The van der Waals surface area contributed by atoms with Gasteiger partial charge in [0.2, 0.25) is 0 Å². The predicted molar refractivity (Wildman–Crippen MR) is 134 cm³/mol. The van der Waals surface area contributed by atoms with Crippen LogP contribution in [-0.2, 0) is 14.3 Å². The minimum Gasteiger partial charge on any atom is -0.462 e. The number of cyclic esters (lactones) is 1. The molecule has 3 aliphatic rings. The molecule has 2 heterocycles. The molecule has 0 radical (unpaired) electrons. The average molecular weight is 493 g/mol. The van der Waals surface area contributed by atoms with Gasteiger partial charge in [0.05, 0.1) is 18.2 Å². The number of rotatable bonds is 5. The SMILES string of the molecule is CCOC(=O)N[C@H]1CC[C@@H]2[C@H](C1)C[C@@H]1C(=O)O[C@@H](C)[C@@H]1[C@@H]2/C=C/c1ccc(-c2cccc(F)c2)cn1. The molecule has 0 spiro atoms. The van der Waals surface area contributed by atoms with Crippen molar-refractivity contribution in [2.45, 2.75) is 51.7 Å². The van der Waals surface area contributed by atoms with Crippen molar-refractivity contribution in [3.63, 3.8) is 0 Å². The maximum atomic E-state index is 13.6. The molecule has 190 valence electrons. The van der Waals surface area contributed by atoms with Gasteiger partial charge in [-0.3, -0.25) is 9.78 Å². The standard InChI is InChI=1S/C29H33FN2O4/c1-3-35-29(34)32-23-10-11-24-20(14-23)15-26-27(17(2)36-28(26)33)25(24)12-9-22-8-7-19(16-31-22)18-5-4-6-21(30)13-18/h4-9,12-13,16-17,20,23-27H,3,10-11,14-15H2,1-2H3,(H,32,34)/b12-9+/t17-,20+,23-,24+,25+,26-,27+/m0/s1. The van der Waals surface area contributed by atoms with Gasteiger partial charge in [-0.15, -0.1) is 0 Å². The lowest BCUT2D eigenvalue weighted by Gasteiger charge is -2.47. The van der Waals surface area contributed by atoms with Crippen molar-refractivity contribution < 1.29 is 23.5 Å². The molecule has 0 unspecified atom stereocenters.